The van der Waals surface area contributed by atoms with E-state index in [1.54, 1.807) is 32.7 Å². The Morgan fingerprint density at radius 2 is 1.95 bits per heavy atom. The second kappa shape index (κ2) is 11.2. The van der Waals surface area contributed by atoms with Gasteiger partial charge in [-0.05, 0) is 46.9 Å². The van der Waals surface area contributed by atoms with E-state index in [0.717, 1.165) is 35.0 Å². The van der Waals surface area contributed by atoms with Crippen molar-refractivity contribution in [3.05, 3.63) is 107 Å². The van der Waals surface area contributed by atoms with Crippen molar-refractivity contribution in [3.8, 4) is 11.5 Å². The number of carbonyl (C=O) groups excluding carboxylic acids is 1. The monoisotopic (exact) mass is 522 g/mol. The van der Waals surface area contributed by atoms with Crippen LogP contribution in [0.1, 0.15) is 39.4 Å². The van der Waals surface area contributed by atoms with Gasteiger partial charge in [0.2, 0.25) is 5.95 Å². The highest BCUT2D eigenvalue weighted by molar-refractivity contribution is 5.84. The average Bonchev–Trinajstić information content (AvgIpc) is 2.96. The van der Waals surface area contributed by atoms with Gasteiger partial charge in [-0.25, -0.2) is 4.98 Å². The molecule has 2 aromatic heterocycles. The lowest BCUT2D eigenvalue weighted by Crippen LogP contribution is -2.35. The number of nitrogen functional groups attached to an aromatic ring is 2. The molecule has 1 aliphatic rings. The molecule has 0 saturated heterocycles. The van der Waals surface area contributed by atoms with Gasteiger partial charge in [-0.3, -0.25) is 9.78 Å². The molecular formula is C30H30N6O3. The Morgan fingerprint density at radius 1 is 1.10 bits per heavy atom. The molecule has 9 nitrogen and oxygen atoms in total. The first-order valence-electron chi connectivity index (χ1n) is 12.6. The summed E-state index contributed by atoms with van der Waals surface area (Å²) >= 11 is 0. The number of rotatable bonds is 8. The summed E-state index contributed by atoms with van der Waals surface area (Å²) in [5, 5.41) is 0. The molecule has 0 radical (unpaired) electrons. The lowest BCUT2D eigenvalue weighted by atomic mass is 9.87. The standard InChI is InChI=1S/C30H30N6O3/c1-38-26-16-19(14-22-18-34-30(32)35-29(22)31)15-24(28(26)39-2)25(10-13-37)36-12-9-20-6-3-4-8-23(20)27(36)21-7-5-11-33-17-21/h3-8,10-11,13,15-18,27H,9,12,14H2,1-2H3,(H4,31,32,34,35). The molecule has 4 aromatic rings. The normalized spacial score (nSPS) is 15.0. The Morgan fingerprint density at radius 3 is 2.67 bits per heavy atom. The SMILES string of the molecule is COc1cc(Cc2cnc(N)nc2N)cc(C(=CC=O)N2CCc3ccccc3C2c2cccnc2)c1OC. The highest BCUT2D eigenvalue weighted by Crippen LogP contribution is 2.44. The zero-order chi connectivity index (χ0) is 27.4. The van der Waals surface area contributed by atoms with Crippen LogP contribution in [0.25, 0.3) is 5.70 Å². The van der Waals surface area contributed by atoms with Crippen LogP contribution in [0.3, 0.4) is 0 Å². The zero-order valence-corrected chi connectivity index (χ0v) is 21.9. The molecule has 0 bridgehead atoms. The summed E-state index contributed by atoms with van der Waals surface area (Å²) in [7, 11) is 3.18. The Kier molecular flexibility index (Phi) is 7.40. The molecule has 3 heterocycles. The average molecular weight is 523 g/mol. The van der Waals surface area contributed by atoms with E-state index in [-0.39, 0.29) is 12.0 Å². The third kappa shape index (κ3) is 5.11. The third-order valence-corrected chi connectivity index (χ3v) is 6.94. The van der Waals surface area contributed by atoms with Crippen molar-refractivity contribution in [2.45, 2.75) is 18.9 Å². The van der Waals surface area contributed by atoms with E-state index in [2.05, 4.69) is 44.1 Å². The van der Waals surface area contributed by atoms with Crippen molar-refractivity contribution in [2.75, 3.05) is 32.2 Å². The zero-order valence-electron chi connectivity index (χ0n) is 21.9. The Labute approximate surface area is 227 Å². The number of aromatic nitrogens is 3. The van der Waals surface area contributed by atoms with Gasteiger partial charge in [0.15, 0.2) is 11.5 Å². The molecule has 198 valence electrons. The lowest BCUT2D eigenvalue weighted by Gasteiger charge is -2.41. The number of allylic oxidation sites excluding steroid dienone is 1. The van der Waals surface area contributed by atoms with E-state index < -0.39 is 0 Å². The number of ether oxygens (including phenoxy) is 2. The van der Waals surface area contributed by atoms with Crippen molar-refractivity contribution < 1.29 is 14.3 Å². The molecule has 0 spiro atoms. The molecule has 1 unspecified atom stereocenters. The number of pyridine rings is 1. The summed E-state index contributed by atoms with van der Waals surface area (Å²) < 4.78 is 11.6. The molecule has 1 atom stereocenters. The molecule has 0 fully saturated rings. The summed E-state index contributed by atoms with van der Waals surface area (Å²) in [6.07, 6.45) is 8.89. The van der Waals surface area contributed by atoms with Gasteiger partial charge in [0, 0.05) is 48.8 Å². The van der Waals surface area contributed by atoms with Gasteiger partial charge in [-0.2, -0.15) is 4.98 Å². The molecule has 0 aliphatic carbocycles. The topological polar surface area (TPSA) is 129 Å². The second-order valence-corrected chi connectivity index (χ2v) is 9.21. The second-order valence-electron chi connectivity index (χ2n) is 9.21. The number of hydrogen-bond donors (Lipinski definition) is 2. The van der Waals surface area contributed by atoms with Crippen LogP contribution >= 0.6 is 0 Å². The van der Waals surface area contributed by atoms with Gasteiger partial charge in [0.25, 0.3) is 0 Å². The number of benzene rings is 2. The quantitative estimate of drug-likeness (QED) is 0.262. The van der Waals surface area contributed by atoms with Crippen LogP contribution in [0.4, 0.5) is 11.8 Å². The Balaban J connectivity index is 1.66. The molecular weight excluding hydrogens is 492 g/mol. The van der Waals surface area contributed by atoms with Crippen molar-refractivity contribution in [1.82, 2.24) is 19.9 Å². The molecule has 0 amide bonds. The van der Waals surface area contributed by atoms with Gasteiger partial charge < -0.3 is 25.8 Å². The van der Waals surface area contributed by atoms with Crippen LogP contribution in [-0.2, 0) is 17.6 Å². The minimum absolute atomic E-state index is 0.118. The minimum Gasteiger partial charge on any atom is -0.493 e. The number of nitrogens with zero attached hydrogens (tertiary/aromatic N) is 4. The van der Waals surface area contributed by atoms with Gasteiger partial charge in [-0.1, -0.05) is 30.3 Å². The maximum atomic E-state index is 12.1. The fourth-order valence-corrected chi connectivity index (χ4v) is 5.23. The van der Waals surface area contributed by atoms with Crippen LogP contribution in [0.5, 0.6) is 11.5 Å². The number of fused-ring (bicyclic) bond motifs is 1. The fourth-order valence-electron chi connectivity index (χ4n) is 5.23. The molecule has 1 aliphatic heterocycles. The van der Waals surface area contributed by atoms with E-state index in [1.807, 2.05) is 30.5 Å². The van der Waals surface area contributed by atoms with Crippen molar-refractivity contribution >= 4 is 23.7 Å². The largest absolute Gasteiger partial charge is 0.493 e. The predicted octanol–water partition coefficient (Wildman–Crippen LogP) is 3.83. The molecule has 5 rings (SSSR count). The summed E-state index contributed by atoms with van der Waals surface area (Å²) in [6.45, 7) is 0.685. The minimum atomic E-state index is -0.157. The van der Waals surface area contributed by atoms with Crippen LogP contribution in [0, 0.1) is 0 Å². The van der Waals surface area contributed by atoms with E-state index >= 15 is 0 Å². The first-order chi connectivity index (χ1) is 19.0. The van der Waals surface area contributed by atoms with Crippen LogP contribution in [0.2, 0.25) is 0 Å². The maximum absolute atomic E-state index is 12.1. The van der Waals surface area contributed by atoms with Crippen LogP contribution in [0.15, 0.2) is 73.2 Å². The number of methoxy groups -OCH3 is 2. The van der Waals surface area contributed by atoms with E-state index in [0.29, 0.717) is 36.0 Å². The third-order valence-electron chi connectivity index (χ3n) is 6.94. The van der Waals surface area contributed by atoms with Gasteiger partial charge in [0.1, 0.15) is 12.1 Å². The van der Waals surface area contributed by atoms with Gasteiger partial charge >= 0.3 is 0 Å². The van der Waals surface area contributed by atoms with Crippen molar-refractivity contribution in [2.24, 2.45) is 0 Å². The molecule has 39 heavy (non-hydrogen) atoms. The summed E-state index contributed by atoms with van der Waals surface area (Å²) in [4.78, 5) is 26.9. The Hall–Kier alpha value is -4.92. The van der Waals surface area contributed by atoms with E-state index in [4.69, 9.17) is 20.9 Å². The smallest absolute Gasteiger partial charge is 0.221 e. The number of nitrogens with two attached hydrogens (primary N) is 2. The number of aldehydes is 1. The van der Waals surface area contributed by atoms with Crippen molar-refractivity contribution in [1.29, 1.82) is 0 Å². The molecule has 0 saturated carbocycles. The molecule has 2 aromatic carbocycles. The van der Waals surface area contributed by atoms with Crippen molar-refractivity contribution in [3.63, 3.8) is 0 Å². The van der Waals surface area contributed by atoms with E-state index in [1.165, 1.54) is 11.1 Å². The summed E-state index contributed by atoms with van der Waals surface area (Å²) in [5.41, 5.74) is 18.3. The van der Waals surface area contributed by atoms with Crippen LogP contribution < -0.4 is 20.9 Å². The molecule has 4 N–H and O–H groups in total. The first-order valence-corrected chi connectivity index (χ1v) is 12.6. The number of anilines is 2. The summed E-state index contributed by atoms with van der Waals surface area (Å²) in [5.74, 6) is 1.49. The highest BCUT2D eigenvalue weighted by atomic mass is 16.5. The lowest BCUT2D eigenvalue weighted by molar-refractivity contribution is -0.104. The van der Waals surface area contributed by atoms with Gasteiger partial charge in [-0.15, -0.1) is 0 Å². The maximum Gasteiger partial charge on any atom is 0.221 e. The molecule has 9 heteroatoms. The summed E-state index contributed by atoms with van der Waals surface area (Å²) in [6, 6.07) is 16.1. The fraction of sp³-hybridized carbons (Fsp3) is 0.200. The predicted molar refractivity (Wildman–Crippen MR) is 150 cm³/mol. The van der Waals surface area contributed by atoms with E-state index in [9.17, 15) is 4.79 Å². The van der Waals surface area contributed by atoms with Gasteiger partial charge in [0.05, 0.1) is 26.0 Å². The number of hydrogen-bond acceptors (Lipinski definition) is 9. The first kappa shape index (κ1) is 25.7. The van der Waals surface area contributed by atoms with Crippen LogP contribution in [-0.4, -0.2) is 46.9 Å². The highest BCUT2D eigenvalue weighted by Gasteiger charge is 2.32. The Bertz CT molecular complexity index is 1520. The number of carbonyl (C=O) groups is 1.